The molecule has 1 aliphatic carbocycles. The molecule has 152 valence electrons. The van der Waals surface area contributed by atoms with E-state index in [1.807, 2.05) is 0 Å². The first-order chi connectivity index (χ1) is 13.2. The number of nitrogens with one attached hydrogen (secondary N) is 2. The molecule has 0 radical (unpaired) electrons. The maximum Gasteiger partial charge on any atom is 0.220 e. The van der Waals surface area contributed by atoms with Crippen molar-refractivity contribution in [2.75, 3.05) is 19.7 Å². The van der Waals surface area contributed by atoms with Gasteiger partial charge in [0.25, 0.3) is 0 Å². The zero-order valence-electron chi connectivity index (χ0n) is 16.7. The number of unbranched alkanes of at least 4 members (excludes halogenated alkanes) is 3. The highest BCUT2D eigenvalue weighted by Crippen LogP contribution is 2.41. The van der Waals surface area contributed by atoms with Crippen LogP contribution in [0.15, 0.2) is 24.3 Å². The number of hydrogen-bond donors (Lipinski definition) is 2. The monoisotopic (exact) mass is 394 g/mol. The smallest absolute Gasteiger partial charge is 0.220 e. The van der Waals surface area contributed by atoms with Crippen LogP contribution in [0.4, 0.5) is 0 Å². The van der Waals surface area contributed by atoms with Crippen LogP contribution in [0.5, 0.6) is 5.75 Å². The number of hydrogen-bond acceptors (Lipinski definition) is 3. The largest absolute Gasteiger partial charge is 0.494 e. The highest BCUT2D eigenvalue weighted by Gasteiger charge is 2.35. The van der Waals surface area contributed by atoms with Gasteiger partial charge in [-0.15, -0.1) is 0 Å². The topological polar surface area (TPSA) is 50.4 Å². The van der Waals surface area contributed by atoms with Gasteiger partial charge in [0.2, 0.25) is 5.91 Å². The Bertz CT molecular complexity index is 542. The van der Waals surface area contributed by atoms with Crippen LogP contribution in [0.2, 0.25) is 0 Å². The van der Waals surface area contributed by atoms with Crippen molar-refractivity contribution in [3.05, 3.63) is 29.8 Å². The van der Waals surface area contributed by atoms with Crippen LogP contribution in [0.1, 0.15) is 76.7 Å². The molecule has 0 unspecified atom stereocenters. The Labute approximate surface area is 169 Å². The molecule has 1 aliphatic rings. The van der Waals surface area contributed by atoms with E-state index in [-0.39, 0.29) is 11.3 Å². The van der Waals surface area contributed by atoms with Gasteiger partial charge in [-0.1, -0.05) is 44.7 Å². The van der Waals surface area contributed by atoms with Gasteiger partial charge in [-0.2, -0.15) is 0 Å². The lowest BCUT2D eigenvalue weighted by atomic mass is 9.78. The molecular formula is C22H35ClN2O2. The van der Waals surface area contributed by atoms with Crippen molar-refractivity contribution in [2.45, 2.75) is 76.5 Å². The van der Waals surface area contributed by atoms with Gasteiger partial charge < -0.3 is 10.1 Å². The van der Waals surface area contributed by atoms with Crippen molar-refractivity contribution in [2.24, 2.45) is 0 Å². The van der Waals surface area contributed by atoms with Crippen LogP contribution >= 0.6 is 11.8 Å². The third-order valence-electron chi connectivity index (χ3n) is 5.59. The molecule has 1 saturated carbocycles. The minimum atomic E-state index is 0.0835. The van der Waals surface area contributed by atoms with Crippen molar-refractivity contribution in [3.8, 4) is 5.75 Å². The summed E-state index contributed by atoms with van der Waals surface area (Å²) < 4.78 is 5.78. The lowest BCUT2D eigenvalue weighted by Gasteiger charge is -2.30. The number of halogens is 1. The van der Waals surface area contributed by atoms with E-state index in [4.69, 9.17) is 16.5 Å². The Morgan fingerprint density at radius 2 is 1.85 bits per heavy atom. The second-order valence-corrected chi connectivity index (χ2v) is 7.95. The average molecular weight is 395 g/mol. The molecule has 1 fully saturated rings. The van der Waals surface area contributed by atoms with E-state index in [9.17, 15) is 4.79 Å². The minimum absolute atomic E-state index is 0.0835. The summed E-state index contributed by atoms with van der Waals surface area (Å²) in [6, 6.07) is 8.55. The summed E-state index contributed by atoms with van der Waals surface area (Å²) in [5.74, 6) is 1.11. The van der Waals surface area contributed by atoms with Gasteiger partial charge in [-0.25, -0.2) is 4.84 Å². The SMILES string of the molecule is CCCCOc1ccc(C2(CNC(=O)CCCCCNCl)CCCC2)cc1. The zero-order chi connectivity index (χ0) is 19.4. The molecule has 1 aromatic rings. The molecule has 1 aromatic carbocycles. The Morgan fingerprint density at radius 1 is 1.11 bits per heavy atom. The van der Waals surface area contributed by atoms with E-state index in [1.54, 1.807) is 0 Å². The fourth-order valence-corrected chi connectivity index (χ4v) is 4.00. The number of amides is 1. The first-order valence-electron chi connectivity index (χ1n) is 10.5. The molecule has 2 rings (SSSR count). The average Bonchev–Trinajstić information content (AvgIpc) is 3.17. The number of benzene rings is 1. The predicted octanol–water partition coefficient (Wildman–Crippen LogP) is 5.10. The van der Waals surface area contributed by atoms with E-state index in [0.717, 1.165) is 70.4 Å². The molecule has 0 aliphatic heterocycles. The molecular weight excluding hydrogens is 360 g/mol. The second-order valence-electron chi connectivity index (χ2n) is 7.68. The molecule has 0 saturated heterocycles. The van der Waals surface area contributed by atoms with Crippen molar-refractivity contribution in [3.63, 3.8) is 0 Å². The lowest BCUT2D eigenvalue weighted by Crippen LogP contribution is -2.38. The number of ether oxygens (including phenoxy) is 1. The van der Waals surface area contributed by atoms with Crippen LogP contribution in [0.3, 0.4) is 0 Å². The van der Waals surface area contributed by atoms with E-state index in [2.05, 4.69) is 41.3 Å². The quantitative estimate of drug-likeness (QED) is 0.361. The maximum atomic E-state index is 12.2. The van der Waals surface area contributed by atoms with Crippen molar-refractivity contribution in [1.29, 1.82) is 0 Å². The maximum absolute atomic E-state index is 12.2. The van der Waals surface area contributed by atoms with Gasteiger partial charge in [0.1, 0.15) is 5.75 Å². The molecule has 27 heavy (non-hydrogen) atoms. The predicted molar refractivity (Wildman–Crippen MR) is 112 cm³/mol. The molecule has 4 nitrogen and oxygen atoms in total. The molecule has 1 amide bonds. The van der Waals surface area contributed by atoms with E-state index < -0.39 is 0 Å². The third kappa shape index (κ3) is 7.34. The zero-order valence-corrected chi connectivity index (χ0v) is 17.5. The van der Waals surface area contributed by atoms with Crippen LogP contribution in [-0.2, 0) is 10.2 Å². The molecule has 0 aromatic heterocycles. The summed E-state index contributed by atoms with van der Waals surface area (Å²) in [6.45, 7) is 4.48. The van der Waals surface area contributed by atoms with E-state index in [0.29, 0.717) is 6.42 Å². The molecule has 2 N–H and O–H groups in total. The first kappa shape index (κ1) is 22.0. The van der Waals surface area contributed by atoms with E-state index in [1.165, 1.54) is 18.4 Å². The van der Waals surface area contributed by atoms with Gasteiger partial charge in [-0.3, -0.25) is 4.79 Å². The molecule has 0 atom stereocenters. The molecule has 0 spiro atoms. The van der Waals surface area contributed by atoms with Crippen molar-refractivity contribution < 1.29 is 9.53 Å². The summed E-state index contributed by atoms with van der Waals surface area (Å²) in [5, 5.41) is 3.20. The fourth-order valence-electron chi connectivity index (χ4n) is 3.87. The standard InChI is InChI=1S/C22H35ClN2O2/c1-2-3-17-27-20-12-10-19(11-13-20)22(14-6-7-15-22)18-24-21(26)9-5-4-8-16-25-23/h10-13,25H,2-9,14-18H2,1H3,(H,24,26). The van der Waals surface area contributed by atoms with Crippen LogP contribution in [0, 0.1) is 0 Å². The summed E-state index contributed by atoms with van der Waals surface area (Å²) in [4.78, 5) is 14.9. The summed E-state index contributed by atoms with van der Waals surface area (Å²) in [6.07, 6.45) is 10.5. The van der Waals surface area contributed by atoms with Gasteiger partial charge in [0.15, 0.2) is 0 Å². The Kier molecular flexibility index (Phi) is 10.00. The first-order valence-corrected chi connectivity index (χ1v) is 10.9. The third-order valence-corrected chi connectivity index (χ3v) is 5.78. The Morgan fingerprint density at radius 3 is 2.52 bits per heavy atom. The van der Waals surface area contributed by atoms with Gasteiger partial charge in [-0.05, 0) is 61.6 Å². The van der Waals surface area contributed by atoms with Gasteiger partial charge in [0.05, 0.1) is 6.61 Å². The van der Waals surface area contributed by atoms with Crippen molar-refractivity contribution in [1.82, 2.24) is 10.2 Å². The van der Waals surface area contributed by atoms with Crippen LogP contribution in [0.25, 0.3) is 0 Å². The molecule has 0 bridgehead atoms. The second kappa shape index (κ2) is 12.2. The Balaban J connectivity index is 1.84. The summed E-state index contributed by atoms with van der Waals surface area (Å²) >= 11 is 5.44. The summed E-state index contributed by atoms with van der Waals surface area (Å²) in [7, 11) is 0. The highest BCUT2D eigenvalue weighted by molar-refractivity contribution is 6.13. The fraction of sp³-hybridized carbons (Fsp3) is 0.682. The van der Waals surface area contributed by atoms with Crippen molar-refractivity contribution >= 4 is 17.7 Å². The normalized spacial score (nSPS) is 15.6. The van der Waals surface area contributed by atoms with Gasteiger partial charge in [0, 0.05) is 24.9 Å². The van der Waals surface area contributed by atoms with Gasteiger partial charge >= 0.3 is 0 Å². The molecule has 0 heterocycles. The minimum Gasteiger partial charge on any atom is -0.494 e. The molecule has 5 heteroatoms. The lowest BCUT2D eigenvalue weighted by molar-refractivity contribution is -0.121. The highest BCUT2D eigenvalue weighted by atomic mass is 35.5. The number of carbonyl (C=O) groups is 1. The number of carbonyl (C=O) groups excluding carboxylic acids is 1. The summed E-state index contributed by atoms with van der Waals surface area (Å²) in [5.41, 5.74) is 1.41. The van der Waals surface area contributed by atoms with E-state index >= 15 is 0 Å². The van der Waals surface area contributed by atoms with Crippen LogP contribution in [-0.4, -0.2) is 25.6 Å². The van der Waals surface area contributed by atoms with Crippen LogP contribution < -0.4 is 14.9 Å². The number of rotatable bonds is 13. The Hall–Kier alpha value is -1.26.